The van der Waals surface area contributed by atoms with Crippen LogP contribution >= 0.6 is 0 Å². The van der Waals surface area contributed by atoms with E-state index in [4.69, 9.17) is 9.57 Å². The van der Waals surface area contributed by atoms with E-state index in [1.807, 2.05) is 24.3 Å². The lowest BCUT2D eigenvalue weighted by atomic mass is 10.0. The van der Waals surface area contributed by atoms with Crippen LogP contribution in [0, 0.1) is 0 Å². The number of hydrogen-bond acceptors (Lipinski definition) is 7. The molecule has 3 heterocycles. The van der Waals surface area contributed by atoms with E-state index in [9.17, 15) is 22.8 Å². The number of nitrogens with one attached hydrogen (secondary N) is 1. The van der Waals surface area contributed by atoms with Crippen molar-refractivity contribution in [2.24, 2.45) is 0 Å². The maximum absolute atomic E-state index is 13.0. The minimum absolute atomic E-state index is 0.107. The van der Waals surface area contributed by atoms with Crippen LogP contribution in [-0.4, -0.2) is 78.6 Å². The van der Waals surface area contributed by atoms with Crippen molar-refractivity contribution in [3.63, 3.8) is 0 Å². The molecule has 3 aliphatic heterocycles. The molecule has 1 N–H and O–H groups in total. The maximum atomic E-state index is 13.0. The minimum atomic E-state index is -4.39. The van der Waals surface area contributed by atoms with Gasteiger partial charge < -0.3 is 4.74 Å². The van der Waals surface area contributed by atoms with E-state index < -0.39 is 24.1 Å². The standard InChI is InChI=1S/C30H29F3N4O4/c31-30(32,33)23-11-9-21(10-12-23)20-5-7-22(8-6-20)29-36(14-13-35-15-17-40-18-16-35)26(34-41-29)19-37-27(38)24-3-1-2-4-25(24)28(37)39/h1-12,26,29,34H,13-19H2. The quantitative estimate of drug-likeness (QED) is 0.431. The molecule has 214 valence electrons. The number of fused-ring (bicyclic) bond motifs is 1. The molecular weight excluding hydrogens is 537 g/mol. The van der Waals surface area contributed by atoms with Crippen LogP contribution in [-0.2, 0) is 15.8 Å². The average Bonchev–Trinajstić information content (AvgIpc) is 3.50. The number of nitrogens with zero attached hydrogens (tertiary/aromatic N) is 3. The SMILES string of the molecule is O=C1c2ccccc2C(=O)N1CC1NOC(c2ccc(-c3ccc(C(F)(F)F)cc3)cc2)N1CCN1CCOCC1. The highest BCUT2D eigenvalue weighted by Crippen LogP contribution is 2.33. The number of morpholine rings is 1. The molecule has 3 aromatic rings. The molecule has 0 radical (unpaired) electrons. The summed E-state index contributed by atoms with van der Waals surface area (Å²) in [5.41, 5.74) is 5.41. The summed E-state index contributed by atoms with van der Waals surface area (Å²) in [6.07, 6.45) is -5.33. The Kier molecular flexibility index (Phi) is 7.62. The first-order valence-electron chi connectivity index (χ1n) is 13.5. The molecule has 2 fully saturated rings. The summed E-state index contributed by atoms with van der Waals surface area (Å²) in [6, 6.07) is 19.3. The van der Waals surface area contributed by atoms with Gasteiger partial charge in [0.15, 0.2) is 6.23 Å². The highest BCUT2D eigenvalue weighted by molar-refractivity contribution is 6.21. The summed E-state index contributed by atoms with van der Waals surface area (Å²) in [5.74, 6) is -0.658. The number of carbonyl (C=O) groups excluding carboxylic acids is 2. The van der Waals surface area contributed by atoms with Crippen LogP contribution < -0.4 is 5.48 Å². The topological polar surface area (TPSA) is 74.4 Å². The summed E-state index contributed by atoms with van der Waals surface area (Å²) in [6.45, 7) is 4.43. The normalized spacial score (nSPS) is 22.0. The van der Waals surface area contributed by atoms with Gasteiger partial charge in [0.25, 0.3) is 11.8 Å². The fourth-order valence-electron chi connectivity index (χ4n) is 5.47. The van der Waals surface area contributed by atoms with Crippen LogP contribution in [0.25, 0.3) is 11.1 Å². The summed E-state index contributed by atoms with van der Waals surface area (Å²) in [5, 5.41) is 0. The molecule has 41 heavy (non-hydrogen) atoms. The van der Waals surface area contributed by atoms with E-state index in [2.05, 4.69) is 15.3 Å². The van der Waals surface area contributed by atoms with Crippen molar-refractivity contribution in [3.05, 3.63) is 95.1 Å². The number of rotatable bonds is 7. The van der Waals surface area contributed by atoms with Gasteiger partial charge in [-0.2, -0.15) is 18.7 Å². The number of imide groups is 1. The first kappa shape index (κ1) is 27.6. The Morgan fingerprint density at radius 2 is 1.39 bits per heavy atom. The molecule has 8 nitrogen and oxygen atoms in total. The second-order valence-corrected chi connectivity index (χ2v) is 10.3. The number of alkyl halides is 3. The Hall–Kier alpha value is -3.61. The summed E-state index contributed by atoms with van der Waals surface area (Å²) >= 11 is 0. The zero-order valence-corrected chi connectivity index (χ0v) is 22.1. The van der Waals surface area contributed by atoms with Gasteiger partial charge >= 0.3 is 6.18 Å². The van der Waals surface area contributed by atoms with Gasteiger partial charge in [-0.15, -0.1) is 0 Å². The number of hydroxylamine groups is 1. The molecule has 11 heteroatoms. The molecule has 3 aromatic carbocycles. The van der Waals surface area contributed by atoms with E-state index >= 15 is 0 Å². The smallest absolute Gasteiger partial charge is 0.379 e. The monoisotopic (exact) mass is 566 g/mol. The van der Waals surface area contributed by atoms with E-state index in [0.29, 0.717) is 36.4 Å². The van der Waals surface area contributed by atoms with E-state index in [1.165, 1.54) is 17.0 Å². The molecule has 2 atom stereocenters. The van der Waals surface area contributed by atoms with Crippen LogP contribution in [0.5, 0.6) is 0 Å². The summed E-state index contributed by atoms with van der Waals surface area (Å²) in [7, 11) is 0. The molecule has 0 spiro atoms. The number of carbonyl (C=O) groups is 2. The number of ether oxygens (including phenoxy) is 1. The lowest BCUT2D eigenvalue weighted by Crippen LogP contribution is -2.50. The Balaban J connectivity index is 1.20. The first-order valence-corrected chi connectivity index (χ1v) is 13.5. The highest BCUT2D eigenvalue weighted by atomic mass is 19.4. The van der Waals surface area contributed by atoms with Crippen molar-refractivity contribution in [1.82, 2.24) is 20.2 Å². The predicted molar refractivity (Wildman–Crippen MR) is 143 cm³/mol. The minimum Gasteiger partial charge on any atom is -0.379 e. The molecule has 3 aliphatic rings. The van der Waals surface area contributed by atoms with Gasteiger partial charge in [0.05, 0.1) is 36.4 Å². The number of benzene rings is 3. The molecule has 0 bridgehead atoms. The van der Waals surface area contributed by atoms with Crippen molar-refractivity contribution in [2.45, 2.75) is 18.6 Å². The molecule has 0 saturated carbocycles. The Morgan fingerprint density at radius 3 is 1.98 bits per heavy atom. The largest absolute Gasteiger partial charge is 0.416 e. The number of amides is 2. The van der Waals surface area contributed by atoms with Crippen LogP contribution in [0.2, 0.25) is 0 Å². The van der Waals surface area contributed by atoms with Gasteiger partial charge in [0.1, 0.15) is 6.17 Å². The Morgan fingerprint density at radius 1 is 0.805 bits per heavy atom. The lowest BCUT2D eigenvalue weighted by molar-refractivity contribution is -0.137. The van der Waals surface area contributed by atoms with E-state index in [-0.39, 0.29) is 18.4 Å². The molecule has 6 rings (SSSR count). The Labute approximate surface area is 235 Å². The van der Waals surface area contributed by atoms with Crippen molar-refractivity contribution >= 4 is 11.8 Å². The molecule has 2 unspecified atom stereocenters. The van der Waals surface area contributed by atoms with Crippen molar-refractivity contribution in [1.29, 1.82) is 0 Å². The third-order valence-corrected chi connectivity index (χ3v) is 7.77. The molecule has 2 amide bonds. The number of halogens is 3. The van der Waals surface area contributed by atoms with Gasteiger partial charge in [-0.3, -0.25) is 29.1 Å². The van der Waals surface area contributed by atoms with Crippen LogP contribution in [0.4, 0.5) is 13.2 Å². The van der Waals surface area contributed by atoms with Crippen molar-refractivity contribution in [2.75, 3.05) is 45.9 Å². The van der Waals surface area contributed by atoms with E-state index in [1.54, 1.807) is 24.3 Å². The third kappa shape index (κ3) is 5.64. The van der Waals surface area contributed by atoms with Crippen LogP contribution in [0.15, 0.2) is 72.8 Å². The van der Waals surface area contributed by atoms with Gasteiger partial charge in [0, 0.05) is 26.2 Å². The average molecular weight is 567 g/mol. The summed E-state index contributed by atoms with van der Waals surface area (Å²) in [4.78, 5) is 37.7. The van der Waals surface area contributed by atoms with Gasteiger partial charge in [0.2, 0.25) is 0 Å². The van der Waals surface area contributed by atoms with Crippen molar-refractivity contribution < 1.29 is 32.3 Å². The fraction of sp³-hybridized carbons (Fsp3) is 0.333. The summed E-state index contributed by atoms with van der Waals surface area (Å²) < 4.78 is 44.4. The predicted octanol–water partition coefficient (Wildman–Crippen LogP) is 4.16. The zero-order valence-electron chi connectivity index (χ0n) is 22.1. The van der Waals surface area contributed by atoms with Gasteiger partial charge in [-0.05, 0) is 41.0 Å². The fourth-order valence-corrected chi connectivity index (χ4v) is 5.47. The van der Waals surface area contributed by atoms with Crippen molar-refractivity contribution in [3.8, 4) is 11.1 Å². The van der Waals surface area contributed by atoms with Gasteiger partial charge in [-0.25, -0.2) is 0 Å². The Bertz CT molecular complexity index is 1370. The van der Waals surface area contributed by atoms with E-state index in [0.717, 1.165) is 42.9 Å². The highest BCUT2D eigenvalue weighted by Gasteiger charge is 2.42. The molecule has 0 aromatic heterocycles. The van der Waals surface area contributed by atoms with Crippen LogP contribution in [0.1, 0.15) is 38.1 Å². The molecular formula is C30H29F3N4O4. The zero-order chi connectivity index (χ0) is 28.6. The maximum Gasteiger partial charge on any atom is 0.416 e. The second kappa shape index (κ2) is 11.3. The van der Waals surface area contributed by atoms with Crippen LogP contribution in [0.3, 0.4) is 0 Å². The first-order chi connectivity index (χ1) is 19.8. The molecule has 0 aliphatic carbocycles. The molecule has 2 saturated heterocycles. The van der Waals surface area contributed by atoms with Gasteiger partial charge in [-0.1, -0.05) is 48.5 Å². The lowest BCUT2D eigenvalue weighted by Gasteiger charge is -2.32. The number of hydrogen-bond donors (Lipinski definition) is 1. The second-order valence-electron chi connectivity index (χ2n) is 10.3. The third-order valence-electron chi connectivity index (χ3n) is 7.77.